The van der Waals surface area contributed by atoms with Crippen molar-refractivity contribution < 1.29 is 5.48 Å². The van der Waals surface area contributed by atoms with Crippen molar-refractivity contribution in [1.82, 2.24) is 0 Å². The summed E-state index contributed by atoms with van der Waals surface area (Å²) < 4.78 is 0. The van der Waals surface area contributed by atoms with Crippen LogP contribution in [0.5, 0.6) is 0 Å². The molecule has 0 amide bonds. The van der Waals surface area contributed by atoms with Crippen LogP contribution in [0.4, 0.5) is 0 Å². The van der Waals surface area contributed by atoms with E-state index in [-0.39, 0.29) is 28.5 Å². The fraction of sp³-hybridized carbons (Fsp3) is 0. The van der Waals surface area contributed by atoms with Crippen molar-refractivity contribution in [2.45, 2.75) is 0 Å². The Hall–Kier alpha value is -0.0538. The number of benzene rings is 1. The molecule has 0 atom stereocenters. The minimum absolute atomic E-state index is 0. The van der Waals surface area contributed by atoms with Gasteiger partial charge in [-0.05, 0) is 0 Å². The normalized spacial score (nSPS) is 6.00. The van der Waals surface area contributed by atoms with E-state index in [1.54, 1.807) is 0 Å². The second kappa shape index (κ2) is 6.95. The molecular formula is C6H6MgO. The van der Waals surface area contributed by atoms with Crippen LogP contribution in [-0.4, -0.2) is 28.5 Å². The first-order valence-corrected chi connectivity index (χ1v) is 1.91. The molecule has 0 spiro atoms. The summed E-state index contributed by atoms with van der Waals surface area (Å²) >= 11 is 0. The van der Waals surface area contributed by atoms with Gasteiger partial charge in [-0.25, -0.2) is 0 Å². The third-order valence-electron chi connectivity index (χ3n) is 0.607. The molecule has 0 radical (unpaired) electrons. The first kappa shape index (κ1) is 10.8. The number of hydrogen-bond acceptors (Lipinski definition) is 1. The van der Waals surface area contributed by atoms with Crippen LogP contribution in [0.25, 0.3) is 0 Å². The van der Waals surface area contributed by atoms with Gasteiger partial charge in [0.15, 0.2) is 0 Å². The van der Waals surface area contributed by atoms with Gasteiger partial charge in [0, 0.05) is 0 Å². The van der Waals surface area contributed by atoms with Gasteiger partial charge in [0.25, 0.3) is 0 Å². The Bertz CT molecular complexity index is 80.5. The molecule has 0 aliphatic heterocycles. The molecule has 0 unspecified atom stereocenters. The Kier molecular flexibility index (Phi) is 9.42. The van der Waals surface area contributed by atoms with E-state index in [1.807, 2.05) is 30.3 Å². The van der Waals surface area contributed by atoms with Crippen molar-refractivity contribution in [2.24, 2.45) is 0 Å². The molecule has 1 rings (SSSR count). The largest absolute Gasteiger partial charge is 2.00 e. The summed E-state index contributed by atoms with van der Waals surface area (Å²) in [4.78, 5) is 0. The van der Waals surface area contributed by atoms with Gasteiger partial charge >= 0.3 is 23.1 Å². The van der Waals surface area contributed by atoms with Crippen LogP contribution in [0.2, 0.25) is 0 Å². The first-order chi connectivity index (χ1) is 3.00. The summed E-state index contributed by atoms with van der Waals surface area (Å²) in [5.74, 6) is 0. The molecule has 2 heteroatoms. The quantitative estimate of drug-likeness (QED) is 0.368. The van der Waals surface area contributed by atoms with Gasteiger partial charge in [-0.1, -0.05) is 0 Å². The molecule has 0 saturated carbocycles. The summed E-state index contributed by atoms with van der Waals surface area (Å²) in [5.41, 5.74) is 0. The van der Waals surface area contributed by atoms with Crippen LogP contribution in [0.15, 0.2) is 30.3 Å². The maximum absolute atomic E-state index is 2.89. The Morgan fingerprint density at radius 2 is 1.38 bits per heavy atom. The van der Waals surface area contributed by atoms with Gasteiger partial charge in [-0.3, -0.25) is 0 Å². The van der Waals surface area contributed by atoms with E-state index in [4.69, 9.17) is 0 Å². The SMILES string of the molecule is [Mg+2].[OH-].[c-]1ccccc1. The average Bonchev–Trinajstić information content (AvgIpc) is 1.72. The third kappa shape index (κ3) is 4.11. The Morgan fingerprint density at radius 3 is 1.50 bits per heavy atom. The molecule has 0 heterocycles. The molecule has 1 nitrogen and oxygen atoms in total. The van der Waals surface area contributed by atoms with Gasteiger partial charge < -0.3 is 5.48 Å². The molecule has 1 aromatic carbocycles. The van der Waals surface area contributed by atoms with Crippen LogP contribution in [0.3, 0.4) is 0 Å². The van der Waals surface area contributed by atoms with E-state index in [2.05, 4.69) is 6.07 Å². The van der Waals surface area contributed by atoms with E-state index in [0.717, 1.165) is 0 Å². The van der Waals surface area contributed by atoms with Crippen molar-refractivity contribution in [2.75, 3.05) is 0 Å². The second-order valence-corrected chi connectivity index (χ2v) is 1.08. The van der Waals surface area contributed by atoms with Gasteiger partial charge in [-0.15, -0.1) is 0 Å². The minimum atomic E-state index is 0. The van der Waals surface area contributed by atoms with Crippen LogP contribution >= 0.6 is 0 Å². The maximum Gasteiger partial charge on any atom is 2.00 e. The van der Waals surface area contributed by atoms with Crippen molar-refractivity contribution in [3.63, 3.8) is 0 Å². The van der Waals surface area contributed by atoms with Crippen LogP contribution < -0.4 is 0 Å². The topological polar surface area (TPSA) is 30.0 Å². The monoisotopic (exact) mass is 118 g/mol. The van der Waals surface area contributed by atoms with E-state index < -0.39 is 0 Å². The van der Waals surface area contributed by atoms with Crippen molar-refractivity contribution in [1.29, 1.82) is 0 Å². The smallest absolute Gasteiger partial charge is 0.870 e. The molecule has 38 valence electrons. The fourth-order valence-electron chi connectivity index (χ4n) is 0.342. The summed E-state index contributed by atoms with van der Waals surface area (Å²) in [7, 11) is 0. The summed E-state index contributed by atoms with van der Waals surface area (Å²) in [6, 6.07) is 12.5. The molecule has 0 aliphatic rings. The van der Waals surface area contributed by atoms with E-state index in [9.17, 15) is 0 Å². The molecule has 0 bridgehead atoms. The third-order valence-corrected chi connectivity index (χ3v) is 0.607. The first-order valence-electron chi connectivity index (χ1n) is 1.91. The zero-order chi connectivity index (χ0) is 4.24. The molecule has 8 heavy (non-hydrogen) atoms. The average molecular weight is 118 g/mol. The van der Waals surface area contributed by atoms with E-state index in [0.29, 0.717) is 0 Å². The molecule has 1 aromatic rings. The predicted molar refractivity (Wildman–Crippen MR) is 33.0 cm³/mol. The summed E-state index contributed by atoms with van der Waals surface area (Å²) in [6.45, 7) is 0. The van der Waals surface area contributed by atoms with Crippen LogP contribution in [0, 0.1) is 6.07 Å². The number of rotatable bonds is 0. The Labute approximate surface area is 65.2 Å². The van der Waals surface area contributed by atoms with Crippen molar-refractivity contribution >= 4 is 23.1 Å². The van der Waals surface area contributed by atoms with Gasteiger partial charge in [0.1, 0.15) is 0 Å². The zero-order valence-electron chi connectivity index (χ0n) is 4.54. The zero-order valence-corrected chi connectivity index (χ0v) is 5.96. The standard InChI is InChI=1S/C6H5.Mg.H2O/c1-2-4-6-5-3-1;;/h1-5H;;1H2/q-1;+2;/p-1. The van der Waals surface area contributed by atoms with E-state index in [1.165, 1.54) is 0 Å². The summed E-state index contributed by atoms with van der Waals surface area (Å²) in [6.07, 6.45) is 0. The molecular weight excluding hydrogens is 112 g/mol. The van der Waals surface area contributed by atoms with Crippen molar-refractivity contribution in [3.8, 4) is 0 Å². The Balaban J connectivity index is 0. The molecule has 1 N–H and O–H groups in total. The molecule has 0 aromatic heterocycles. The summed E-state index contributed by atoms with van der Waals surface area (Å²) in [5, 5.41) is 0. The predicted octanol–water partition coefficient (Wildman–Crippen LogP) is 0.929. The van der Waals surface area contributed by atoms with Gasteiger partial charge in [0.05, 0.1) is 0 Å². The molecule has 0 saturated heterocycles. The number of hydrogen-bond donors (Lipinski definition) is 0. The molecule has 0 fully saturated rings. The van der Waals surface area contributed by atoms with Crippen LogP contribution in [-0.2, 0) is 0 Å². The Morgan fingerprint density at radius 1 is 0.875 bits per heavy atom. The van der Waals surface area contributed by atoms with Gasteiger partial charge in [0.2, 0.25) is 0 Å². The maximum atomic E-state index is 2.89. The van der Waals surface area contributed by atoms with Crippen molar-refractivity contribution in [3.05, 3.63) is 36.4 Å². The van der Waals surface area contributed by atoms with Gasteiger partial charge in [-0.2, -0.15) is 36.4 Å². The molecule has 0 aliphatic carbocycles. The fourth-order valence-corrected chi connectivity index (χ4v) is 0.342. The second-order valence-electron chi connectivity index (χ2n) is 1.08. The van der Waals surface area contributed by atoms with E-state index >= 15 is 0 Å². The minimum Gasteiger partial charge on any atom is -0.870 e. The van der Waals surface area contributed by atoms with Crippen LogP contribution in [0.1, 0.15) is 0 Å².